The van der Waals surface area contributed by atoms with Crippen molar-refractivity contribution in [1.29, 1.82) is 0 Å². The highest BCUT2D eigenvalue weighted by Gasteiger charge is 2.14. The van der Waals surface area contributed by atoms with E-state index in [0.717, 1.165) is 25.7 Å². The van der Waals surface area contributed by atoms with Crippen molar-refractivity contribution in [1.82, 2.24) is 0 Å². The molecule has 2 nitrogen and oxygen atoms in total. The lowest BCUT2D eigenvalue weighted by Crippen LogP contribution is -2.21. The molecule has 84 valence electrons. The Balaban J connectivity index is 3.63. The van der Waals surface area contributed by atoms with Crippen LogP contribution in [0.3, 0.4) is 0 Å². The Hall–Kier alpha value is -0.340. The third-order valence-corrected chi connectivity index (χ3v) is 2.52. The monoisotopic (exact) mass is 200 g/mol. The quantitative estimate of drug-likeness (QED) is 0.640. The lowest BCUT2D eigenvalue weighted by Gasteiger charge is -2.22. The molecule has 1 N–H and O–H groups in total. The van der Waals surface area contributed by atoms with Gasteiger partial charge in [0.25, 0.3) is 0 Å². The van der Waals surface area contributed by atoms with Gasteiger partial charge < -0.3 is 9.84 Å². The third-order valence-electron chi connectivity index (χ3n) is 2.52. The predicted octanol–water partition coefficient (Wildman–Crippen LogP) is 2.91. The minimum Gasteiger partial charge on any atom is -0.396 e. The number of aliphatic hydroxyl groups is 1. The molecule has 0 radical (unpaired) electrons. The molecule has 0 heterocycles. The van der Waals surface area contributed by atoms with Gasteiger partial charge in [0, 0.05) is 13.7 Å². The number of allylic oxidation sites excluding steroid dienone is 1. The second kappa shape index (κ2) is 7.02. The molecule has 0 aromatic carbocycles. The van der Waals surface area contributed by atoms with E-state index in [1.807, 2.05) is 0 Å². The molecule has 0 aliphatic rings. The molecule has 0 saturated carbocycles. The first-order valence-electron chi connectivity index (χ1n) is 5.33. The van der Waals surface area contributed by atoms with Gasteiger partial charge >= 0.3 is 0 Å². The molecular weight excluding hydrogens is 176 g/mol. The van der Waals surface area contributed by atoms with Crippen LogP contribution in [-0.4, -0.2) is 24.4 Å². The Morgan fingerprint density at radius 2 is 2.07 bits per heavy atom. The largest absolute Gasteiger partial charge is 0.396 e. The number of hydrogen-bond donors (Lipinski definition) is 1. The second-order valence-electron chi connectivity index (χ2n) is 4.38. The van der Waals surface area contributed by atoms with Crippen molar-refractivity contribution in [2.45, 2.75) is 52.1 Å². The van der Waals surface area contributed by atoms with Gasteiger partial charge in [-0.05, 0) is 46.5 Å². The molecule has 0 spiro atoms. The van der Waals surface area contributed by atoms with E-state index < -0.39 is 0 Å². The maximum absolute atomic E-state index is 8.64. The summed E-state index contributed by atoms with van der Waals surface area (Å²) in [7, 11) is 1.76. The van der Waals surface area contributed by atoms with Crippen LogP contribution >= 0.6 is 0 Å². The average molecular weight is 200 g/mol. The maximum Gasteiger partial charge on any atom is 0.0622 e. The lowest BCUT2D eigenvalue weighted by atomic mass is 9.99. The van der Waals surface area contributed by atoms with Crippen molar-refractivity contribution in [2.24, 2.45) is 0 Å². The molecule has 0 fully saturated rings. The minimum absolute atomic E-state index is 0.00272. The highest BCUT2D eigenvalue weighted by molar-refractivity contribution is 4.97. The molecular formula is C12H24O2. The molecule has 0 aromatic heterocycles. The summed E-state index contributed by atoms with van der Waals surface area (Å²) in [6.45, 7) is 6.59. The van der Waals surface area contributed by atoms with Crippen LogP contribution in [0.5, 0.6) is 0 Å². The highest BCUT2D eigenvalue weighted by atomic mass is 16.5. The summed E-state index contributed by atoms with van der Waals surface area (Å²) in [4.78, 5) is 0. The summed E-state index contributed by atoms with van der Waals surface area (Å²) in [5, 5.41) is 8.64. The smallest absolute Gasteiger partial charge is 0.0622 e. The molecule has 0 amide bonds. The normalized spacial score (nSPS) is 13.4. The fourth-order valence-electron chi connectivity index (χ4n) is 1.31. The topological polar surface area (TPSA) is 29.5 Å². The van der Waals surface area contributed by atoms with Crippen LogP contribution in [0.2, 0.25) is 0 Å². The molecule has 0 aliphatic carbocycles. The van der Waals surface area contributed by atoms with Gasteiger partial charge in [0.2, 0.25) is 0 Å². The summed E-state index contributed by atoms with van der Waals surface area (Å²) in [6, 6.07) is 0. The van der Waals surface area contributed by atoms with Gasteiger partial charge in [-0.3, -0.25) is 0 Å². The average Bonchev–Trinajstić information content (AvgIpc) is 2.14. The highest BCUT2D eigenvalue weighted by Crippen LogP contribution is 2.18. The van der Waals surface area contributed by atoms with Gasteiger partial charge in [-0.15, -0.1) is 0 Å². The van der Waals surface area contributed by atoms with Gasteiger partial charge in [0.05, 0.1) is 5.60 Å². The number of ether oxygens (including phenoxy) is 1. The third kappa shape index (κ3) is 7.10. The number of methoxy groups -OCH3 is 1. The molecule has 14 heavy (non-hydrogen) atoms. The molecule has 0 atom stereocenters. The van der Waals surface area contributed by atoms with Crippen molar-refractivity contribution in [2.75, 3.05) is 13.7 Å². The molecule has 0 aromatic rings. The molecule has 2 heteroatoms. The lowest BCUT2D eigenvalue weighted by molar-refractivity contribution is 0.0140. The number of hydrogen-bond acceptors (Lipinski definition) is 2. The van der Waals surface area contributed by atoms with Crippen molar-refractivity contribution in [3.63, 3.8) is 0 Å². The van der Waals surface area contributed by atoms with Crippen LogP contribution < -0.4 is 0 Å². The first-order valence-corrected chi connectivity index (χ1v) is 5.33. The summed E-state index contributed by atoms with van der Waals surface area (Å²) in [5.41, 5.74) is 1.36. The van der Waals surface area contributed by atoms with Gasteiger partial charge in [0.1, 0.15) is 0 Å². The summed E-state index contributed by atoms with van der Waals surface area (Å²) in [6.07, 6.45) is 6.22. The summed E-state index contributed by atoms with van der Waals surface area (Å²) < 4.78 is 5.34. The van der Waals surface area contributed by atoms with Crippen molar-refractivity contribution in [3.8, 4) is 0 Å². The van der Waals surface area contributed by atoms with Crippen molar-refractivity contribution >= 4 is 0 Å². The van der Waals surface area contributed by atoms with Gasteiger partial charge in [0.15, 0.2) is 0 Å². The zero-order chi connectivity index (χ0) is 11.0. The van der Waals surface area contributed by atoms with Crippen LogP contribution in [0.15, 0.2) is 11.6 Å². The molecule has 0 unspecified atom stereocenters. The van der Waals surface area contributed by atoms with Crippen LogP contribution in [0.4, 0.5) is 0 Å². The van der Waals surface area contributed by atoms with E-state index in [1.165, 1.54) is 5.57 Å². The minimum atomic E-state index is -0.00272. The van der Waals surface area contributed by atoms with E-state index in [1.54, 1.807) is 7.11 Å². The SMILES string of the molecule is COC(C)(C)CCC/C(C)=C/CCO. The molecule has 0 bridgehead atoms. The first kappa shape index (κ1) is 13.7. The van der Waals surface area contributed by atoms with Crippen LogP contribution in [0.1, 0.15) is 46.5 Å². The van der Waals surface area contributed by atoms with Gasteiger partial charge in [-0.1, -0.05) is 11.6 Å². The Morgan fingerprint density at radius 1 is 1.43 bits per heavy atom. The maximum atomic E-state index is 8.64. The standard InChI is InChI=1S/C12H24O2/c1-11(8-6-10-13)7-5-9-12(2,3)14-4/h8,13H,5-7,9-10H2,1-4H3/b11-8+. The van der Waals surface area contributed by atoms with Crippen molar-refractivity contribution < 1.29 is 9.84 Å². The first-order chi connectivity index (χ1) is 6.52. The number of rotatable bonds is 7. The van der Waals surface area contributed by atoms with Crippen molar-refractivity contribution in [3.05, 3.63) is 11.6 Å². The van der Waals surface area contributed by atoms with E-state index in [-0.39, 0.29) is 12.2 Å². The van der Waals surface area contributed by atoms with Crippen LogP contribution in [-0.2, 0) is 4.74 Å². The van der Waals surface area contributed by atoms with Gasteiger partial charge in [-0.25, -0.2) is 0 Å². The van der Waals surface area contributed by atoms with E-state index in [0.29, 0.717) is 0 Å². The fraction of sp³-hybridized carbons (Fsp3) is 0.833. The Kier molecular flexibility index (Phi) is 6.85. The molecule has 0 aliphatic heterocycles. The van der Waals surface area contributed by atoms with E-state index in [2.05, 4.69) is 26.8 Å². The van der Waals surface area contributed by atoms with Gasteiger partial charge in [-0.2, -0.15) is 0 Å². The second-order valence-corrected chi connectivity index (χ2v) is 4.38. The Morgan fingerprint density at radius 3 is 2.57 bits per heavy atom. The van der Waals surface area contributed by atoms with E-state index in [4.69, 9.17) is 9.84 Å². The Labute approximate surface area is 88.0 Å². The van der Waals surface area contributed by atoms with Crippen LogP contribution in [0.25, 0.3) is 0 Å². The summed E-state index contributed by atoms with van der Waals surface area (Å²) in [5.74, 6) is 0. The summed E-state index contributed by atoms with van der Waals surface area (Å²) >= 11 is 0. The molecule has 0 rings (SSSR count). The Bertz CT molecular complexity index is 171. The van der Waals surface area contributed by atoms with E-state index >= 15 is 0 Å². The predicted molar refractivity (Wildman–Crippen MR) is 60.4 cm³/mol. The number of aliphatic hydroxyl groups excluding tert-OH is 1. The zero-order valence-electron chi connectivity index (χ0n) is 9.97. The zero-order valence-corrected chi connectivity index (χ0v) is 9.97. The van der Waals surface area contributed by atoms with Crippen LogP contribution in [0, 0.1) is 0 Å². The fourth-order valence-corrected chi connectivity index (χ4v) is 1.31. The molecule has 0 saturated heterocycles. The van der Waals surface area contributed by atoms with E-state index in [9.17, 15) is 0 Å².